The van der Waals surface area contributed by atoms with Gasteiger partial charge in [-0.15, -0.1) is 0 Å². The Labute approximate surface area is 150 Å². The first-order valence-electron chi connectivity index (χ1n) is 7.13. The summed E-state index contributed by atoms with van der Waals surface area (Å²) in [6.45, 7) is 3.53. The monoisotopic (exact) mass is 369 g/mol. The van der Waals surface area contributed by atoms with Crippen molar-refractivity contribution < 1.29 is 19.1 Å². The molecule has 0 radical (unpaired) electrons. The van der Waals surface area contributed by atoms with Gasteiger partial charge in [-0.1, -0.05) is 29.3 Å². The van der Waals surface area contributed by atoms with Crippen molar-refractivity contribution >= 4 is 40.8 Å². The van der Waals surface area contributed by atoms with E-state index in [1.165, 1.54) is 14.2 Å². The average Bonchev–Trinajstić information content (AvgIpc) is 2.57. The molecule has 0 bridgehead atoms. The minimum Gasteiger partial charge on any atom is -0.466 e. The topological polar surface area (TPSA) is 55.8 Å². The maximum absolute atomic E-state index is 12.1. The van der Waals surface area contributed by atoms with E-state index in [9.17, 15) is 9.59 Å². The Morgan fingerprint density at radius 3 is 1.96 bits per heavy atom. The third-order valence-corrected chi connectivity index (χ3v) is 4.74. The number of carbonyl (C=O) groups is 2. The Bertz CT molecular complexity index is 730. The number of methoxy groups -OCH3 is 2. The van der Waals surface area contributed by atoms with Crippen LogP contribution in [-0.4, -0.2) is 26.2 Å². The summed E-state index contributed by atoms with van der Waals surface area (Å²) in [5.41, 5.74) is 2.54. The van der Waals surface area contributed by atoms with Crippen molar-refractivity contribution in [2.45, 2.75) is 20.3 Å². The molecule has 7 heteroatoms. The molecule has 2 rings (SSSR count). The molecule has 0 amide bonds. The third kappa shape index (κ3) is 3.14. The Morgan fingerprint density at radius 2 is 1.50 bits per heavy atom. The van der Waals surface area contributed by atoms with E-state index in [2.05, 4.69) is 0 Å². The highest BCUT2D eigenvalue weighted by molar-refractivity contribution is 6.43. The Morgan fingerprint density at radius 1 is 1.00 bits per heavy atom. The second-order valence-electron chi connectivity index (χ2n) is 5.20. The highest BCUT2D eigenvalue weighted by Gasteiger charge is 2.32. The van der Waals surface area contributed by atoms with Crippen molar-refractivity contribution in [1.29, 1.82) is 0 Å². The number of ether oxygens (including phenoxy) is 2. The molecule has 0 unspecified atom stereocenters. The first-order chi connectivity index (χ1) is 11.3. The summed E-state index contributed by atoms with van der Waals surface area (Å²) >= 11 is 12.4. The van der Waals surface area contributed by atoms with Crippen LogP contribution in [0.3, 0.4) is 0 Å². The number of allylic oxidation sites excluding steroid dienone is 2. The molecule has 5 nitrogen and oxygen atoms in total. The summed E-state index contributed by atoms with van der Waals surface area (Å²) in [6, 6.07) is 5.17. The van der Waals surface area contributed by atoms with Gasteiger partial charge in [-0.3, -0.25) is 0 Å². The van der Waals surface area contributed by atoms with E-state index in [0.717, 1.165) is 0 Å². The lowest BCUT2D eigenvalue weighted by Crippen LogP contribution is -2.30. The smallest absolute Gasteiger partial charge is 0.335 e. The van der Waals surface area contributed by atoms with E-state index in [1.54, 1.807) is 36.9 Å². The van der Waals surface area contributed by atoms with Gasteiger partial charge in [0, 0.05) is 17.8 Å². The molecule has 0 aromatic heterocycles. The lowest BCUT2D eigenvalue weighted by atomic mass is 9.96. The van der Waals surface area contributed by atoms with Gasteiger partial charge < -0.3 is 14.4 Å². The lowest BCUT2D eigenvalue weighted by Gasteiger charge is -2.34. The molecule has 0 saturated heterocycles. The van der Waals surface area contributed by atoms with Crippen molar-refractivity contribution in [2.75, 3.05) is 19.1 Å². The first kappa shape index (κ1) is 18.4. The van der Waals surface area contributed by atoms with Crippen LogP contribution < -0.4 is 4.90 Å². The van der Waals surface area contributed by atoms with Crippen molar-refractivity contribution in [3.8, 4) is 0 Å². The fourth-order valence-corrected chi connectivity index (χ4v) is 3.05. The predicted molar refractivity (Wildman–Crippen MR) is 93.0 cm³/mol. The fourth-order valence-electron chi connectivity index (χ4n) is 2.67. The predicted octanol–water partition coefficient (Wildman–Crippen LogP) is 4.10. The molecule has 0 atom stereocenters. The van der Waals surface area contributed by atoms with Crippen LogP contribution in [0.25, 0.3) is 0 Å². The molecule has 0 N–H and O–H groups in total. The van der Waals surface area contributed by atoms with Gasteiger partial charge in [0.2, 0.25) is 0 Å². The molecular formula is C17H17Cl2NO4. The number of hydrogen-bond acceptors (Lipinski definition) is 5. The summed E-state index contributed by atoms with van der Waals surface area (Å²) in [5.74, 6) is -1.02. The number of hydrogen-bond donors (Lipinski definition) is 0. The van der Waals surface area contributed by atoms with Gasteiger partial charge in [0.25, 0.3) is 0 Å². The molecule has 0 saturated carbocycles. The van der Waals surface area contributed by atoms with Crippen LogP contribution in [0.4, 0.5) is 5.69 Å². The maximum atomic E-state index is 12.1. The highest BCUT2D eigenvalue weighted by Crippen LogP contribution is 2.41. The van der Waals surface area contributed by atoms with Gasteiger partial charge in [0.1, 0.15) is 0 Å². The zero-order valence-corrected chi connectivity index (χ0v) is 15.3. The number of benzene rings is 1. The fraction of sp³-hybridized carbons (Fsp3) is 0.294. The molecule has 1 aromatic rings. The van der Waals surface area contributed by atoms with E-state index in [0.29, 0.717) is 38.3 Å². The molecule has 1 aromatic carbocycles. The molecule has 0 spiro atoms. The lowest BCUT2D eigenvalue weighted by molar-refractivity contribution is -0.136. The van der Waals surface area contributed by atoms with E-state index in [4.69, 9.17) is 32.7 Å². The first-order valence-corrected chi connectivity index (χ1v) is 7.89. The van der Waals surface area contributed by atoms with Gasteiger partial charge >= 0.3 is 11.9 Å². The Kier molecular flexibility index (Phi) is 5.57. The number of halogens is 2. The summed E-state index contributed by atoms with van der Waals surface area (Å²) in [5, 5.41) is 0.702. The Balaban J connectivity index is 2.70. The number of carbonyl (C=O) groups excluding carboxylic acids is 2. The standard InChI is InChI=1S/C17H17Cl2NO4/c1-9-11(16(21)23-3)8-12(17(22)24-4)10(2)20(9)14-7-5-6-13(18)15(14)19/h5-7H,8H2,1-4H3. The van der Waals surface area contributed by atoms with Crippen LogP contribution in [0.1, 0.15) is 20.3 Å². The van der Waals surface area contributed by atoms with Crippen molar-refractivity contribution in [3.05, 3.63) is 50.8 Å². The van der Waals surface area contributed by atoms with Crippen molar-refractivity contribution in [2.24, 2.45) is 0 Å². The SMILES string of the molecule is COC(=O)C1=C(C)N(c2cccc(Cl)c2Cl)C(C)=C(C(=O)OC)C1. The molecule has 1 heterocycles. The van der Waals surface area contributed by atoms with Crippen molar-refractivity contribution in [3.63, 3.8) is 0 Å². The van der Waals surface area contributed by atoms with E-state index in [1.807, 2.05) is 0 Å². The minimum atomic E-state index is -0.510. The van der Waals surface area contributed by atoms with Crippen LogP contribution in [0.15, 0.2) is 40.7 Å². The normalized spacial score (nSPS) is 14.8. The molecular weight excluding hydrogens is 353 g/mol. The van der Waals surface area contributed by atoms with E-state index in [-0.39, 0.29) is 6.42 Å². The van der Waals surface area contributed by atoms with Gasteiger partial charge in [-0.05, 0) is 26.0 Å². The highest BCUT2D eigenvalue weighted by atomic mass is 35.5. The van der Waals surface area contributed by atoms with Gasteiger partial charge in [0.05, 0.1) is 41.1 Å². The van der Waals surface area contributed by atoms with E-state index < -0.39 is 11.9 Å². The molecule has 0 aliphatic carbocycles. The number of anilines is 1. The zero-order chi connectivity index (χ0) is 18.0. The largest absolute Gasteiger partial charge is 0.466 e. The third-order valence-electron chi connectivity index (χ3n) is 3.93. The van der Waals surface area contributed by atoms with Crippen LogP contribution in [-0.2, 0) is 19.1 Å². The summed E-state index contributed by atoms with van der Waals surface area (Å²) < 4.78 is 9.68. The van der Waals surface area contributed by atoms with Gasteiger partial charge in [-0.25, -0.2) is 9.59 Å². The second kappa shape index (κ2) is 7.28. The molecule has 128 valence electrons. The van der Waals surface area contributed by atoms with Gasteiger partial charge in [-0.2, -0.15) is 0 Å². The van der Waals surface area contributed by atoms with Crippen LogP contribution in [0.2, 0.25) is 10.0 Å². The number of rotatable bonds is 3. The van der Waals surface area contributed by atoms with Gasteiger partial charge in [0.15, 0.2) is 0 Å². The zero-order valence-electron chi connectivity index (χ0n) is 13.8. The summed E-state index contributed by atoms with van der Waals surface area (Å²) in [7, 11) is 2.59. The average molecular weight is 370 g/mol. The minimum absolute atomic E-state index is 0.131. The van der Waals surface area contributed by atoms with Crippen LogP contribution in [0.5, 0.6) is 0 Å². The van der Waals surface area contributed by atoms with E-state index >= 15 is 0 Å². The van der Waals surface area contributed by atoms with Crippen molar-refractivity contribution in [1.82, 2.24) is 0 Å². The molecule has 24 heavy (non-hydrogen) atoms. The van der Waals surface area contributed by atoms with Crippen LogP contribution >= 0.6 is 23.2 Å². The molecule has 1 aliphatic rings. The number of esters is 2. The Hall–Kier alpha value is -1.98. The quantitative estimate of drug-likeness (QED) is 0.750. The maximum Gasteiger partial charge on any atom is 0.335 e. The molecule has 1 aliphatic heterocycles. The summed E-state index contributed by atoms with van der Waals surface area (Å²) in [4.78, 5) is 26.0. The van der Waals surface area contributed by atoms with Crippen LogP contribution in [0, 0.1) is 0 Å². The summed E-state index contributed by atoms with van der Waals surface area (Å²) in [6.07, 6.45) is 0.131. The number of nitrogens with zero attached hydrogens (tertiary/aromatic N) is 1. The second-order valence-corrected chi connectivity index (χ2v) is 5.98. The molecule has 0 fully saturated rings.